The normalized spacial score (nSPS) is 12.0. The third kappa shape index (κ3) is 4.59. The van der Waals surface area contributed by atoms with Crippen molar-refractivity contribution in [3.8, 4) is 0 Å². The van der Waals surface area contributed by atoms with Crippen molar-refractivity contribution in [2.75, 3.05) is 14.2 Å². The van der Waals surface area contributed by atoms with Gasteiger partial charge in [0.05, 0.1) is 0 Å². The van der Waals surface area contributed by atoms with Gasteiger partial charge in [0.15, 0.2) is 0 Å². The molecule has 5 heteroatoms. The quantitative estimate of drug-likeness (QED) is 0.285. The van der Waals surface area contributed by atoms with E-state index in [0.717, 1.165) is 6.04 Å². The van der Waals surface area contributed by atoms with Crippen LogP contribution in [0, 0.1) is 0 Å². The maximum atomic E-state index is 11.4. The summed E-state index contributed by atoms with van der Waals surface area (Å²) in [4.78, 5) is 11.4. The van der Waals surface area contributed by atoms with Crippen LogP contribution in [0.2, 0.25) is 12.6 Å². The predicted octanol–water partition coefficient (Wildman–Crippen LogP) is 1.08. The van der Waals surface area contributed by atoms with Gasteiger partial charge >= 0.3 is 11.9 Å². The van der Waals surface area contributed by atoms with Crippen LogP contribution in [0.5, 0.6) is 0 Å². The molecule has 0 fully saturated rings. The minimum atomic E-state index is -1.24. The molecule has 0 unspecified atom stereocenters. The van der Waals surface area contributed by atoms with Gasteiger partial charge in [-0.05, 0) is 6.92 Å². The maximum absolute atomic E-state index is 11.4. The van der Waals surface area contributed by atoms with Crippen LogP contribution in [0.15, 0.2) is 12.2 Å². The van der Waals surface area contributed by atoms with Gasteiger partial charge in [0.25, 0.3) is 0 Å². The molecule has 0 aliphatic carbocycles. The Morgan fingerprint density at radius 3 is 2.27 bits per heavy atom. The van der Waals surface area contributed by atoms with Crippen LogP contribution in [-0.2, 0) is 19.0 Å². The van der Waals surface area contributed by atoms with Gasteiger partial charge in [0, 0.05) is 35.7 Å². The zero-order chi connectivity index (χ0) is 11.9. The van der Waals surface area contributed by atoms with E-state index < -0.39 is 11.9 Å². The Hall–Kier alpha value is -0.653. The average Bonchev–Trinajstić information content (AvgIpc) is 2.24. The highest BCUT2D eigenvalue weighted by Crippen LogP contribution is 2.21. The van der Waals surface area contributed by atoms with Crippen molar-refractivity contribution >= 4 is 15.5 Å². The van der Waals surface area contributed by atoms with Gasteiger partial charge in [-0.3, -0.25) is 0 Å². The topological polar surface area (TPSA) is 44.8 Å². The van der Waals surface area contributed by atoms with Crippen molar-refractivity contribution in [3.63, 3.8) is 0 Å². The highest BCUT2D eigenvalue weighted by Gasteiger charge is 2.34. The van der Waals surface area contributed by atoms with Crippen molar-refractivity contribution < 1.29 is 19.0 Å². The third-order valence-corrected chi connectivity index (χ3v) is 3.12. The molecule has 0 saturated carbocycles. The molecule has 0 heterocycles. The SMILES string of the molecule is C=C(C)C(=O)OC(CC[SiH2]C)(OC)OC. The molecular formula is C10H20O4Si. The first-order chi connectivity index (χ1) is 7.01. The molecule has 0 aromatic heterocycles. The molecule has 0 spiro atoms. The standard InChI is InChI=1S/C10H20O4Si/c1-8(2)9(11)14-10(12-3,13-4)6-7-15-5/h1,6-7,15H2,2-5H3. The van der Waals surface area contributed by atoms with Crippen molar-refractivity contribution in [3.05, 3.63) is 12.2 Å². The van der Waals surface area contributed by atoms with Gasteiger partial charge in [-0.1, -0.05) is 19.2 Å². The lowest BCUT2D eigenvalue weighted by molar-refractivity contribution is -0.343. The molecule has 4 nitrogen and oxygen atoms in total. The van der Waals surface area contributed by atoms with E-state index in [-0.39, 0.29) is 9.52 Å². The molecule has 0 atom stereocenters. The number of carbonyl (C=O) groups is 1. The fraction of sp³-hybridized carbons (Fsp3) is 0.700. The number of ether oxygens (including phenoxy) is 3. The number of esters is 1. The predicted molar refractivity (Wildman–Crippen MR) is 61.5 cm³/mol. The van der Waals surface area contributed by atoms with Crippen LogP contribution in [0.4, 0.5) is 0 Å². The highest BCUT2D eigenvalue weighted by atomic mass is 28.2. The van der Waals surface area contributed by atoms with Crippen LogP contribution < -0.4 is 0 Å². The lowest BCUT2D eigenvalue weighted by Gasteiger charge is -2.29. The number of methoxy groups -OCH3 is 2. The Bertz CT molecular complexity index is 223. The Balaban J connectivity index is 4.48. The molecular weight excluding hydrogens is 212 g/mol. The molecule has 0 bridgehead atoms. The molecule has 0 saturated heterocycles. The monoisotopic (exact) mass is 232 g/mol. The van der Waals surface area contributed by atoms with E-state index in [1.165, 1.54) is 14.2 Å². The van der Waals surface area contributed by atoms with Crippen LogP contribution in [0.1, 0.15) is 13.3 Å². The number of hydrogen-bond acceptors (Lipinski definition) is 4. The second-order valence-corrected chi connectivity index (χ2v) is 5.07. The smallest absolute Gasteiger partial charge is 0.337 e. The molecule has 0 aromatic carbocycles. The molecule has 0 radical (unpaired) electrons. The third-order valence-electron chi connectivity index (χ3n) is 2.06. The summed E-state index contributed by atoms with van der Waals surface area (Å²) < 4.78 is 15.4. The van der Waals surface area contributed by atoms with E-state index in [1.807, 2.05) is 0 Å². The summed E-state index contributed by atoms with van der Waals surface area (Å²) in [5, 5.41) is 0. The minimum Gasteiger partial charge on any atom is -0.404 e. The molecule has 0 N–H and O–H groups in total. The molecule has 88 valence electrons. The first-order valence-electron chi connectivity index (χ1n) is 5.00. The Morgan fingerprint density at radius 2 is 1.93 bits per heavy atom. The summed E-state index contributed by atoms with van der Waals surface area (Å²) in [6.07, 6.45) is 0.571. The second-order valence-electron chi connectivity index (χ2n) is 3.36. The van der Waals surface area contributed by atoms with Gasteiger partial charge in [-0.25, -0.2) is 4.79 Å². The molecule has 0 aliphatic heterocycles. The summed E-state index contributed by atoms with van der Waals surface area (Å²) >= 11 is 0. The van der Waals surface area contributed by atoms with Crippen molar-refractivity contribution in [2.24, 2.45) is 0 Å². The van der Waals surface area contributed by atoms with E-state index in [2.05, 4.69) is 13.1 Å². The minimum absolute atomic E-state index is 0.111. The Labute approximate surface area is 93.4 Å². The summed E-state index contributed by atoms with van der Waals surface area (Å²) in [6, 6.07) is 0.991. The van der Waals surface area contributed by atoms with E-state index in [4.69, 9.17) is 14.2 Å². The molecule has 0 aromatic rings. The van der Waals surface area contributed by atoms with Crippen molar-refractivity contribution in [2.45, 2.75) is 31.9 Å². The molecule has 0 rings (SSSR count). The first-order valence-corrected chi connectivity index (χ1v) is 7.42. The lowest BCUT2D eigenvalue weighted by atomic mass is 10.3. The first kappa shape index (κ1) is 14.3. The van der Waals surface area contributed by atoms with Gasteiger partial charge < -0.3 is 14.2 Å². The zero-order valence-electron chi connectivity index (χ0n) is 9.96. The largest absolute Gasteiger partial charge is 0.404 e. The van der Waals surface area contributed by atoms with Crippen LogP contribution in [0.3, 0.4) is 0 Å². The Morgan fingerprint density at radius 1 is 1.40 bits per heavy atom. The van der Waals surface area contributed by atoms with Gasteiger partial charge in [-0.15, -0.1) is 0 Å². The highest BCUT2D eigenvalue weighted by molar-refractivity contribution is 6.33. The summed E-state index contributed by atoms with van der Waals surface area (Å²) in [7, 11) is 2.82. The second kappa shape index (κ2) is 6.76. The molecule has 0 aliphatic rings. The van der Waals surface area contributed by atoms with Crippen molar-refractivity contribution in [1.29, 1.82) is 0 Å². The summed E-state index contributed by atoms with van der Waals surface area (Å²) in [5.41, 5.74) is 0.335. The van der Waals surface area contributed by atoms with Crippen LogP contribution in [-0.4, -0.2) is 35.7 Å². The van der Waals surface area contributed by atoms with E-state index in [9.17, 15) is 4.79 Å². The molecule has 0 amide bonds. The number of hydrogen-bond donors (Lipinski definition) is 0. The summed E-state index contributed by atoms with van der Waals surface area (Å²) in [5.74, 6) is -1.73. The lowest BCUT2D eigenvalue weighted by Crippen LogP contribution is -2.39. The van der Waals surface area contributed by atoms with E-state index in [0.29, 0.717) is 12.0 Å². The van der Waals surface area contributed by atoms with Gasteiger partial charge in [0.1, 0.15) is 0 Å². The fourth-order valence-corrected chi connectivity index (χ4v) is 1.83. The number of carbonyl (C=O) groups excluding carboxylic acids is 1. The van der Waals surface area contributed by atoms with Gasteiger partial charge in [-0.2, -0.15) is 0 Å². The van der Waals surface area contributed by atoms with E-state index in [1.54, 1.807) is 6.92 Å². The Kier molecular flexibility index (Phi) is 6.47. The average molecular weight is 232 g/mol. The zero-order valence-corrected chi connectivity index (χ0v) is 11.4. The molecule has 15 heavy (non-hydrogen) atoms. The van der Waals surface area contributed by atoms with Crippen LogP contribution in [0.25, 0.3) is 0 Å². The van der Waals surface area contributed by atoms with Crippen LogP contribution >= 0.6 is 0 Å². The summed E-state index contributed by atoms with van der Waals surface area (Å²) in [6.45, 7) is 7.28. The number of rotatable bonds is 7. The van der Waals surface area contributed by atoms with E-state index >= 15 is 0 Å². The fourth-order valence-electron chi connectivity index (χ4n) is 1.04. The van der Waals surface area contributed by atoms with Crippen molar-refractivity contribution in [1.82, 2.24) is 0 Å². The maximum Gasteiger partial charge on any atom is 0.337 e. The van der Waals surface area contributed by atoms with Gasteiger partial charge in [0.2, 0.25) is 0 Å².